The minimum atomic E-state index is -4.47. The predicted molar refractivity (Wildman–Crippen MR) is 154 cm³/mol. The van der Waals surface area contributed by atoms with Gasteiger partial charge in [0, 0.05) is 30.1 Å². The molecule has 11 heteroatoms. The number of hydrogen-bond acceptors (Lipinski definition) is 5. The van der Waals surface area contributed by atoms with Gasteiger partial charge in [0.1, 0.15) is 6.04 Å². The van der Waals surface area contributed by atoms with E-state index in [-0.39, 0.29) is 40.0 Å². The van der Waals surface area contributed by atoms with Gasteiger partial charge in [-0.3, -0.25) is 13.9 Å². The van der Waals surface area contributed by atoms with Crippen molar-refractivity contribution in [1.82, 2.24) is 10.6 Å². The average Bonchev–Trinajstić information content (AvgIpc) is 2.90. The number of amides is 2. The zero-order chi connectivity index (χ0) is 29.5. The summed E-state index contributed by atoms with van der Waals surface area (Å²) in [4.78, 5) is 37.1. The third-order valence-corrected chi connectivity index (χ3v) is 8.00. The maximum absolute atomic E-state index is 13.9. The molecule has 3 N–H and O–H groups in total. The normalized spacial score (nSPS) is 12.3. The van der Waals surface area contributed by atoms with Gasteiger partial charge in [-0.05, 0) is 47.4 Å². The highest BCUT2D eigenvalue weighted by molar-refractivity contribution is 7.93. The van der Waals surface area contributed by atoms with E-state index in [1.54, 1.807) is 26.8 Å². The first-order chi connectivity index (χ1) is 18.8. The van der Waals surface area contributed by atoms with E-state index in [0.29, 0.717) is 6.54 Å². The van der Waals surface area contributed by atoms with Crippen LogP contribution in [-0.2, 0) is 26.2 Å². The van der Waals surface area contributed by atoms with Crippen molar-refractivity contribution in [3.8, 4) is 0 Å². The molecule has 3 aromatic rings. The second-order valence-electron chi connectivity index (χ2n) is 10.2. The van der Waals surface area contributed by atoms with Crippen molar-refractivity contribution in [2.45, 2.75) is 44.7 Å². The van der Waals surface area contributed by atoms with E-state index < -0.39 is 33.4 Å². The molecule has 0 spiro atoms. The number of anilines is 1. The molecule has 212 valence electrons. The Hall–Kier alpha value is -3.89. The van der Waals surface area contributed by atoms with Crippen LogP contribution in [-0.4, -0.2) is 43.9 Å². The molecule has 0 heterocycles. The Morgan fingerprint density at radius 1 is 0.925 bits per heavy atom. The van der Waals surface area contributed by atoms with Crippen LogP contribution in [0.4, 0.5) is 5.69 Å². The maximum Gasteiger partial charge on any atom is 0.328 e. The molecule has 2 amide bonds. The van der Waals surface area contributed by atoms with Crippen LogP contribution in [0, 0.1) is 5.41 Å². The van der Waals surface area contributed by atoms with Crippen LogP contribution in [0.25, 0.3) is 0 Å². The van der Waals surface area contributed by atoms with E-state index in [0.717, 1.165) is 9.87 Å². The Morgan fingerprint density at radius 2 is 1.60 bits per heavy atom. The Bertz CT molecular complexity index is 1470. The number of hydrogen-bond donors (Lipinski definition) is 3. The third kappa shape index (κ3) is 7.83. The lowest BCUT2D eigenvalue weighted by atomic mass is 9.86. The van der Waals surface area contributed by atoms with E-state index >= 15 is 0 Å². The topological polar surface area (TPSA) is 133 Å². The summed E-state index contributed by atoms with van der Waals surface area (Å²) in [5, 5.41) is 15.7. The Labute approximate surface area is 239 Å². The van der Waals surface area contributed by atoms with Gasteiger partial charge in [0.15, 0.2) is 0 Å². The predicted octanol–water partition coefficient (Wildman–Crippen LogP) is 4.47. The summed E-state index contributed by atoms with van der Waals surface area (Å²) in [5.41, 5.74) is 0.0593. The molecule has 9 nitrogen and oxygen atoms in total. The van der Waals surface area contributed by atoms with Gasteiger partial charge < -0.3 is 15.7 Å². The van der Waals surface area contributed by atoms with Crippen molar-refractivity contribution < 1.29 is 27.9 Å². The van der Waals surface area contributed by atoms with Crippen LogP contribution in [0.15, 0.2) is 83.8 Å². The number of carboxylic acids is 1. The summed E-state index contributed by atoms with van der Waals surface area (Å²) in [6.45, 7) is 5.27. The number of benzene rings is 3. The fourth-order valence-electron chi connectivity index (χ4n) is 4.05. The van der Waals surface area contributed by atoms with E-state index in [9.17, 15) is 27.9 Å². The van der Waals surface area contributed by atoms with Crippen molar-refractivity contribution in [3.05, 3.63) is 95.0 Å². The molecule has 1 atom stereocenters. The largest absolute Gasteiger partial charge is 0.480 e. The molecular formula is C29H32ClN3O6S. The number of sulfonamides is 1. The van der Waals surface area contributed by atoms with Crippen molar-refractivity contribution in [2.24, 2.45) is 5.41 Å². The first kappa shape index (κ1) is 30.6. The Morgan fingerprint density at radius 3 is 2.23 bits per heavy atom. The lowest BCUT2D eigenvalue weighted by Crippen LogP contribution is -2.52. The number of aliphatic carboxylic acids is 1. The Kier molecular flexibility index (Phi) is 9.94. The molecule has 0 saturated carbocycles. The van der Waals surface area contributed by atoms with E-state index in [1.807, 2.05) is 30.3 Å². The molecule has 0 bridgehead atoms. The number of rotatable bonds is 11. The maximum atomic E-state index is 13.9. The molecule has 40 heavy (non-hydrogen) atoms. The molecule has 0 aliphatic carbocycles. The quantitative estimate of drug-likeness (QED) is 0.304. The monoisotopic (exact) mass is 585 g/mol. The summed E-state index contributed by atoms with van der Waals surface area (Å²) in [6, 6.07) is 19.1. The fraction of sp³-hybridized carbons (Fsp3) is 0.276. The number of halogens is 1. The van der Waals surface area contributed by atoms with Gasteiger partial charge in [0.05, 0.1) is 10.6 Å². The SMILES string of the molecule is CC(C)(C)C(C(=O)O)N(c1cccc(Cl)c1)S(=O)(=O)c1cccc(C(=O)NCCC(=O)NCc2ccccc2)c1. The van der Waals surface area contributed by atoms with Gasteiger partial charge in [0.2, 0.25) is 5.91 Å². The Balaban J connectivity index is 1.80. The van der Waals surface area contributed by atoms with Crippen LogP contribution in [0.3, 0.4) is 0 Å². The smallest absolute Gasteiger partial charge is 0.328 e. The van der Waals surface area contributed by atoms with Crippen LogP contribution in [0.1, 0.15) is 43.1 Å². The van der Waals surface area contributed by atoms with E-state index in [2.05, 4.69) is 10.6 Å². The third-order valence-electron chi connectivity index (χ3n) is 5.97. The second-order valence-corrected chi connectivity index (χ2v) is 12.4. The van der Waals surface area contributed by atoms with Crippen molar-refractivity contribution in [3.63, 3.8) is 0 Å². The zero-order valence-electron chi connectivity index (χ0n) is 22.4. The van der Waals surface area contributed by atoms with E-state index in [1.165, 1.54) is 42.5 Å². The highest BCUT2D eigenvalue weighted by atomic mass is 35.5. The molecule has 0 aromatic heterocycles. The molecule has 0 aliphatic rings. The number of nitrogens with zero attached hydrogens (tertiary/aromatic N) is 1. The first-order valence-corrected chi connectivity index (χ1v) is 14.3. The van der Waals surface area contributed by atoms with Crippen molar-refractivity contribution >= 4 is 45.1 Å². The lowest BCUT2D eigenvalue weighted by Gasteiger charge is -2.37. The van der Waals surface area contributed by atoms with Crippen LogP contribution >= 0.6 is 11.6 Å². The number of carboxylic acid groups (broad SMARTS) is 1. The van der Waals surface area contributed by atoms with Crippen LogP contribution in [0.5, 0.6) is 0 Å². The summed E-state index contributed by atoms with van der Waals surface area (Å²) < 4.78 is 28.7. The summed E-state index contributed by atoms with van der Waals surface area (Å²) in [6.07, 6.45) is 0.0327. The van der Waals surface area contributed by atoms with Gasteiger partial charge in [0.25, 0.3) is 15.9 Å². The van der Waals surface area contributed by atoms with Gasteiger partial charge in [-0.25, -0.2) is 13.2 Å². The van der Waals surface area contributed by atoms with Crippen molar-refractivity contribution in [1.29, 1.82) is 0 Å². The molecule has 0 saturated heterocycles. The van der Waals surface area contributed by atoms with Crippen LogP contribution < -0.4 is 14.9 Å². The summed E-state index contributed by atoms with van der Waals surface area (Å²) in [7, 11) is -4.47. The lowest BCUT2D eigenvalue weighted by molar-refractivity contribution is -0.140. The second kappa shape index (κ2) is 13.0. The number of nitrogens with one attached hydrogen (secondary N) is 2. The van der Waals surface area contributed by atoms with Gasteiger partial charge in [-0.2, -0.15) is 0 Å². The van der Waals surface area contributed by atoms with Gasteiger partial charge >= 0.3 is 5.97 Å². The molecule has 3 rings (SSSR count). The van der Waals surface area contributed by atoms with Gasteiger partial charge in [-0.1, -0.05) is 74.8 Å². The number of carbonyl (C=O) groups excluding carboxylic acids is 2. The highest BCUT2D eigenvalue weighted by Crippen LogP contribution is 2.35. The van der Waals surface area contributed by atoms with Crippen molar-refractivity contribution in [2.75, 3.05) is 10.8 Å². The summed E-state index contributed by atoms with van der Waals surface area (Å²) in [5.74, 6) is -2.16. The number of carbonyl (C=O) groups is 3. The van der Waals surface area contributed by atoms with E-state index in [4.69, 9.17) is 11.6 Å². The standard InChI is InChI=1S/C29H32ClN3O6S/c1-29(2,3)26(28(36)37)33(23-13-8-12-22(30)18-23)40(38,39)24-14-7-11-21(17-24)27(35)31-16-15-25(34)32-19-20-9-5-4-6-10-20/h4-14,17-18,26H,15-16,19H2,1-3H3,(H,31,35)(H,32,34)(H,36,37). The molecule has 0 radical (unpaired) electrons. The summed E-state index contributed by atoms with van der Waals surface area (Å²) >= 11 is 6.12. The highest BCUT2D eigenvalue weighted by Gasteiger charge is 2.43. The molecule has 3 aromatic carbocycles. The molecular weight excluding hydrogens is 554 g/mol. The van der Waals surface area contributed by atoms with Gasteiger partial charge in [-0.15, -0.1) is 0 Å². The minimum Gasteiger partial charge on any atom is -0.480 e. The minimum absolute atomic E-state index is 0.0327. The zero-order valence-corrected chi connectivity index (χ0v) is 24.0. The fourth-order valence-corrected chi connectivity index (χ4v) is 6.06. The molecule has 0 aliphatic heterocycles. The molecule has 1 unspecified atom stereocenters. The molecule has 0 fully saturated rings. The average molecular weight is 586 g/mol. The first-order valence-electron chi connectivity index (χ1n) is 12.5. The van der Waals surface area contributed by atoms with Crippen LogP contribution in [0.2, 0.25) is 5.02 Å².